The van der Waals surface area contributed by atoms with Crippen LogP contribution in [0.25, 0.3) is 0 Å². The highest BCUT2D eigenvalue weighted by Gasteiger charge is 2.12. The molecule has 5 nitrogen and oxygen atoms in total. The lowest BCUT2D eigenvalue weighted by molar-refractivity contribution is 0.0383. The molecule has 17 heavy (non-hydrogen) atoms. The summed E-state index contributed by atoms with van der Waals surface area (Å²) < 4.78 is 10.4. The number of amides is 1. The minimum Gasteiger partial charge on any atom is -0.469 e. The standard InChI is InChI=1S/C12H18N2O3/c1-10-11(2-7-17-10)12(15)13-3-4-14-5-8-16-9-6-14/h2,7H,3-6,8-9H2,1H3,(H,13,15). The summed E-state index contributed by atoms with van der Waals surface area (Å²) in [6.45, 7) is 6.77. The van der Waals surface area contributed by atoms with E-state index in [1.54, 1.807) is 13.0 Å². The third-order valence-corrected chi connectivity index (χ3v) is 2.92. The molecule has 1 N–H and O–H groups in total. The normalized spacial score (nSPS) is 17.0. The Bertz CT molecular complexity index is 370. The van der Waals surface area contributed by atoms with Gasteiger partial charge in [0, 0.05) is 26.2 Å². The number of nitrogens with zero attached hydrogens (tertiary/aromatic N) is 1. The summed E-state index contributed by atoms with van der Waals surface area (Å²) in [5, 5.41) is 2.89. The Kier molecular flexibility index (Phi) is 4.17. The van der Waals surface area contributed by atoms with Gasteiger partial charge in [-0.2, -0.15) is 0 Å². The Morgan fingerprint density at radius 1 is 1.47 bits per heavy atom. The number of hydrogen-bond donors (Lipinski definition) is 1. The fourth-order valence-electron chi connectivity index (χ4n) is 1.87. The Morgan fingerprint density at radius 3 is 2.88 bits per heavy atom. The zero-order valence-corrected chi connectivity index (χ0v) is 10.1. The van der Waals surface area contributed by atoms with Crippen LogP contribution in [0.1, 0.15) is 16.1 Å². The summed E-state index contributed by atoms with van der Waals surface area (Å²) in [5.41, 5.74) is 0.618. The quantitative estimate of drug-likeness (QED) is 0.836. The molecular formula is C12H18N2O3. The number of nitrogens with one attached hydrogen (secondary N) is 1. The highest BCUT2D eigenvalue weighted by molar-refractivity contribution is 5.94. The maximum atomic E-state index is 11.8. The molecule has 1 aliphatic heterocycles. The van der Waals surface area contributed by atoms with Crippen LogP contribution in [-0.2, 0) is 4.74 Å². The average Bonchev–Trinajstić information content (AvgIpc) is 2.77. The number of aryl methyl sites for hydroxylation is 1. The summed E-state index contributed by atoms with van der Waals surface area (Å²) in [4.78, 5) is 14.0. The van der Waals surface area contributed by atoms with Gasteiger partial charge >= 0.3 is 0 Å². The van der Waals surface area contributed by atoms with Crippen molar-refractivity contribution >= 4 is 5.91 Å². The molecule has 1 aliphatic rings. The molecule has 0 spiro atoms. The fraction of sp³-hybridized carbons (Fsp3) is 0.583. The second-order valence-electron chi connectivity index (χ2n) is 4.10. The molecule has 1 saturated heterocycles. The maximum absolute atomic E-state index is 11.8. The first-order valence-electron chi connectivity index (χ1n) is 5.90. The third kappa shape index (κ3) is 3.31. The van der Waals surface area contributed by atoms with E-state index in [0.717, 1.165) is 32.8 Å². The van der Waals surface area contributed by atoms with Crippen LogP contribution in [0.2, 0.25) is 0 Å². The number of carbonyl (C=O) groups is 1. The van der Waals surface area contributed by atoms with Gasteiger partial charge in [0.2, 0.25) is 0 Å². The van der Waals surface area contributed by atoms with Crippen LogP contribution in [0.4, 0.5) is 0 Å². The van der Waals surface area contributed by atoms with Gasteiger partial charge in [0.05, 0.1) is 25.0 Å². The zero-order valence-electron chi connectivity index (χ0n) is 10.1. The molecular weight excluding hydrogens is 220 g/mol. The van der Waals surface area contributed by atoms with E-state index in [-0.39, 0.29) is 5.91 Å². The van der Waals surface area contributed by atoms with E-state index in [9.17, 15) is 4.79 Å². The lowest BCUT2D eigenvalue weighted by Gasteiger charge is -2.26. The molecule has 1 fully saturated rings. The largest absolute Gasteiger partial charge is 0.469 e. The Morgan fingerprint density at radius 2 is 2.24 bits per heavy atom. The van der Waals surface area contributed by atoms with Gasteiger partial charge in [-0.05, 0) is 13.0 Å². The van der Waals surface area contributed by atoms with Crippen LogP contribution in [0, 0.1) is 6.92 Å². The number of rotatable bonds is 4. The summed E-state index contributed by atoms with van der Waals surface area (Å²) in [6.07, 6.45) is 1.53. The molecule has 2 rings (SSSR count). The van der Waals surface area contributed by atoms with Crippen LogP contribution in [0.3, 0.4) is 0 Å². The van der Waals surface area contributed by atoms with Crippen molar-refractivity contribution in [3.05, 3.63) is 23.7 Å². The summed E-state index contributed by atoms with van der Waals surface area (Å²) in [5.74, 6) is 0.596. The van der Waals surface area contributed by atoms with Crippen molar-refractivity contribution < 1.29 is 13.9 Å². The number of ether oxygens (including phenoxy) is 1. The molecule has 94 valence electrons. The summed E-state index contributed by atoms with van der Waals surface area (Å²) in [6, 6.07) is 1.69. The Balaban J connectivity index is 1.71. The molecule has 0 unspecified atom stereocenters. The molecule has 0 radical (unpaired) electrons. The van der Waals surface area contributed by atoms with Gasteiger partial charge in [-0.3, -0.25) is 9.69 Å². The van der Waals surface area contributed by atoms with Crippen molar-refractivity contribution in [2.45, 2.75) is 6.92 Å². The highest BCUT2D eigenvalue weighted by Crippen LogP contribution is 2.07. The van der Waals surface area contributed by atoms with E-state index in [1.165, 1.54) is 6.26 Å². The first-order chi connectivity index (χ1) is 8.27. The van der Waals surface area contributed by atoms with Crippen molar-refractivity contribution in [2.75, 3.05) is 39.4 Å². The van der Waals surface area contributed by atoms with Gasteiger partial charge in [0.15, 0.2) is 0 Å². The van der Waals surface area contributed by atoms with Crippen molar-refractivity contribution in [3.8, 4) is 0 Å². The highest BCUT2D eigenvalue weighted by atomic mass is 16.5. The molecule has 0 atom stereocenters. The van der Waals surface area contributed by atoms with Crippen LogP contribution in [0.15, 0.2) is 16.7 Å². The first-order valence-corrected chi connectivity index (χ1v) is 5.90. The van der Waals surface area contributed by atoms with Crippen LogP contribution in [0.5, 0.6) is 0 Å². The summed E-state index contributed by atoms with van der Waals surface area (Å²) >= 11 is 0. The van der Waals surface area contributed by atoms with Gasteiger partial charge in [-0.1, -0.05) is 0 Å². The maximum Gasteiger partial charge on any atom is 0.254 e. The molecule has 0 saturated carbocycles. The number of hydrogen-bond acceptors (Lipinski definition) is 4. The van der Waals surface area contributed by atoms with E-state index in [2.05, 4.69) is 10.2 Å². The Hall–Kier alpha value is -1.33. The number of furan rings is 1. The van der Waals surface area contributed by atoms with Crippen molar-refractivity contribution in [2.24, 2.45) is 0 Å². The molecule has 0 aliphatic carbocycles. The molecule has 5 heteroatoms. The van der Waals surface area contributed by atoms with Gasteiger partial charge < -0.3 is 14.5 Å². The molecule has 1 aromatic heterocycles. The fourth-order valence-corrected chi connectivity index (χ4v) is 1.87. The first kappa shape index (κ1) is 12.1. The minimum atomic E-state index is -0.0653. The number of morpholine rings is 1. The topological polar surface area (TPSA) is 54.7 Å². The zero-order chi connectivity index (χ0) is 12.1. The van der Waals surface area contributed by atoms with Gasteiger partial charge in [-0.25, -0.2) is 0 Å². The predicted octanol–water partition coefficient (Wildman–Crippen LogP) is 0.650. The Labute approximate surface area is 101 Å². The third-order valence-electron chi connectivity index (χ3n) is 2.92. The predicted molar refractivity (Wildman–Crippen MR) is 63.0 cm³/mol. The van der Waals surface area contributed by atoms with E-state index >= 15 is 0 Å². The monoisotopic (exact) mass is 238 g/mol. The van der Waals surface area contributed by atoms with E-state index in [0.29, 0.717) is 17.9 Å². The molecule has 2 heterocycles. The van der Waals surface area contributed by atoms with Crippen LogP contribution < -0.4 is 5.32 Å². The van der Waals surface area contributed by atoms with Gasteiger partial charge in [-0.15, -0.1) is 0 Å². The van der Waals surface area contributed by atoms with E-state index in [4.69, 9.17) is 9.15 Å². The second kappa shape index (κ2) is 5.84. The SMILES string of the molecule is Cc1occc1C(=O)NCCN1CCOCC1. The minimum absolute atomic E-state index is 0.0653. The van der Waals surface area contributed by atoms with E-state index < -0.39 is 0 Å². The van der Waals surface area contributed by atoms with Crippen molar-refractivity contribution in [1.29, 1.82) is 0 Å². The van der Waals surface area contributed by atoms with Crippen LogP contribution >= 0.6 is 0 Å². The van der Waals surface area contributed by atoms with Gasteiger partial charge in [0.1, 0.15) is 5.76 Å². The molecule has 0 aromatic carbocycles. The molecule has 1 aromatic rings. The molecule has 1 amide bonds. The second-order valence-corrected chi connectivity index (χ2v) is 4.10. The lowest BCUT2D eigenvalue weighted by Crippen LogP contribution is -2.41. The smallest absolute Gasteiger partial charge is 0.254 e. The average molecular weight is 238 g/mol. The van der Waals surface area contributed by atoms with Gasteiger partial charge in [0.25, 0.3) is 5.91 Å². The summed E-state index contributed by atoms with van der Waals surface area (Å²) in [7, 11) is 0. The molecule has 0 bridgehead atoms. The van der Waals surface area contributed by atoms with Crippen molar-refractivity contribution in [3.63, 3.8) is 0 Å². The lowest BCUT2D eigenvalue weighted by atomic mass is 10.2. The van der Waals surface area contributed by atoms with Crippen molar-refractivity contribution in [1.82, 2.24) is 10.2 Å². The number of carbonyl (C=O) groups excluding carboxylic acids is 1. The van der Waals surface area contributed by atoms with Crippen LogP contribution in [-0.4, -0.2) is 50.2 Å². The van der Waals surface area contributed by atoms with E-state index in [1.807, 2.05) is 0 Å².